The second-order valence-electron chi connectivity index (χ2n) is 2.89. The largest absolute Gasteiger partial charge is 0.508 e. The summed E-state index contributed by atoms with van der Waals surface area (Å²) < 4.78 is 5.04. The van der Waals surface area contributed by atoms with Crippen molar-refractivity contribution in [2.24, 2.45) is 5.73 Å². The summed E-state index contributed by atoms with van der Waals surface area (Å²) in [7, 11) is 1.50. The number of hydrogen-bond acceptors (Lipinski definition) is 4. The van der Waals surface area contributed by atoms with Gasteiger partial charge in [-0.15, -0.1) is 12.4 Å². The van der Waals surface area contributed by atoms with E-state index in [1.807, 2.05) is 6.07 Å². The minimum absolute atomic E-state index is 0. The molecule has 0 heterocycles. The molecule has 0 fully saturated rings. The lowest BCUT2D eigenvalue weighted by molar-refractivity contribution is 0.399. The molecule has 3 N–H and O–H groups in total. The number of nitrogens with zero attached hydrogens (tertiary/aromatic N) is 1. The molecule has 5 heteroatoms. The van der Waals surface area contributed by atoms with Crippen LogP contribution in [0.25, 0.3) is 0 Å². The Balaban J connectivity index is 0.00000196. The van der Waals surface area contributed by atoms with Crippen LogP contribution in [0.1, 0.15) is 18.0 Å². The Hall–Kier alpha value is -1.44. The lowest BCUT2D eigenvalue weighted by Gasteiger charge is -2.12. The van der Waals surface area contributed by atoms with E-state index in [2.05, 4.69) is 0 Å². The molecule has 0 aliphatic heterocycles. The Kier molecular flexibility index (Phi) is 5.53. The Morgan fingerprint density at radius 2 is 2.27 bits per heavy atom. The van der Waals surface area contributed by atoms with Crippen molar-refractivity contribution >= 4 is 12.4 Å². The maximum Gasteiger partial charge on any atom is 0.127 e. The summed E-state index contributed by atoms with van der Waals surface area (Å²) in [6.07, 6.45) is 0.223. The van der Waals surface area contributed by atoms with Crippen LogP contribution >= 0.6 is 12.4 Å². The van der Waals surface area contributed by atoms with Crippen molar-refractivity contribution in [3.63, 3.8) is 0 Å². The van der Waals surface area contributed by atoms with Crippen molar-refractivity contribution in [1.82, 2.24) is 0 Å². The Labute approximate surface area is 94.7 Å². The van der Waals surface area contributed by atoms with Crippen LogP contribution in [0.3, 0.4) is 0 Å². The smallest absolute Gasteiger partial charge is 0.127 e. The molecule has 0 spiro atoms. The summed E-state index contributed by atoms with van der Waals surface area (Å²) in [5, 5.41) is 17.7. The molecule has 0 saturated carbocycles. The molecule has 0 saturated heterocycles. The van der Waals surface area contributed by atoms with Gasteiger partial charge in [0, 0.05) is 17.7 Å². The molecule has 0 radical (unpaired) electrons. The zero-order valence-corrected chi connectivity index (χ0v) is 9.12. The third-order valence-corrected chi connectivity index (χ3v) is 1.93. The maximum absolute atomic E-state index is 9.19. The van der Waals surface area contributed by atoms with E-state index in [1.54, 1.807) is 6.07 Å². The molecule has 0 bridgehead atoms. The number of phenols is 1. The number of nitrogens with two attached hydrogens (primary N) is 1. The van der Waals surface area contributed by atoms with E-state index in [1.165, 1.54) is 19.2 Å². The fourth-order valence-electron chi connectivity index (χ4n) is 1.21. The quantitative estimate of drug-likeness (QED) is 0.826. The van der Waals surface area contributed by atoms with Gasteiger partial charge in [-0.1, -0.05) is 6.07 Å². The fraction of sp³-hybridized carbons (Fsp3) is 0.300. The molecule has 0 aromatic heterocycles. The minimum atomic E-state index is -0.379. The van der Waals surface area contributed by atoms with E-state index in [4.69, 9.17) is 15.7 Å². The normalized spacial score (nSPS) is 11.0. The standard InChI is InChI=1S/C10H12N2O2.ClH/c1-14-10-6-7(13)2-3-8(10)9(12)4-5-11;/h2-3,6,9,13H,4,12H2,1H3;1H/t9-;/m0./s1. The van der Waals surface area contributed by atoms with Crippen molar-refractivity contribution in [3.05, 3.63) is 23.8 Å². The van der Waals surface area contributed by atoms with Gasteiger partial charge in [-0.05, 0) is 6.07 Å². The van der Waals surface area contributed by atoms with Crippen LogP contribution < -0.4 is 10.5 Å². The number of benzene rings is 1. The Bertz CT molecular complexity index is 363. The van der Waals surface area contributed by atoms with E-state index >= 15 is 0 Å². The predicted octanol–water partition coefficient (Wildman–Crippen LogP) is 1.74. The number of phenolic OH excluding ortho intramolecular Hbond substituents is 1. The van der Waals surface area contributed by atoms with Crippen molar-refractivity contribution in [2.75, 3.05) is 7.11 Å². The molecule has 1 rings (SSSR count). The fourth-order valence-corrected chi connectivity index (χ4v) is 1.21. The zero-order valence-electron chi connectivity index (χ0n) is 8.30. The van der Waals surface area contributed by atoms with Crippen molar-refractivity contribution in [1.29, 1.82) is 5.26 Å². The highest BCUT2D eigenvalue weighted by Crippen LogP contribution is 2.28. The van der Waals surface area contributed by atoms with Crippen molar-refractivity contribution in [3.8, 4) is 17.6 Å². The first-order chi connectivity index (χ1) is 6.69. The van der Waals surface area contributed by atoms with Gasteiger partial charge in [0.25, 0.3) is 0 Å². The summed E-state index contributed by atoms with van der Waals surface area (Å²) in [6, 6.07) is 6.27. The van der Waals surface area contributed by atoms with E-state index in [0.717, 1.165) is 5.56 Å². The van der Waals surface area contributed by atoms with Gasteiger partial charge in [0.1, 0.15) is 11.5 Å². The Morgan fingerprint density at radius 3 is 2.80 bits per heavy atom. The summed E-state index contributed by atoms with van der Waals surface area (Å²) in [4.78, 5) is 0. The van der Waals surface area contributed by atoms with Gasteiger partial charge in [-0.2, -0.15) is 5.26 Å². The van der Waals surface area contributed by atoms with Gasteiger partial charge in [-0.25, -0.2) is 0 Å². The number of aromatic hydroxyl groups is 1. The SMILES string of the molecule is COc1cc(O)ccc1[C@@H](N)CC#N.Cl. The first-order valence-electron chi connectivity index (χ1n) is 4.18. The average Bonchev–Trinajstić information content (AvgIpc) is 2.17. The van der Waals surface area contributed by atoms with Gasteiger partial charge in [0.05, 0.1) is 19.6 Å². The molecule has 15 heavy (non-hydrogen) atoms. The topological polar surface area (TPSA) is 79.3 Å². The number of halogens is 1. The second-order valence-corrected chi connectivity index (χ2v) is 2.89. The van der Waals surface area contributed by atoms with Crippen LogP contribution in [0.2, 0.25) is 0 Å². The first-order valence-corrected chi connectivity index (χ1v) is 4.18. The number of ether oxygens (including phenoxy) is 1. The molecule has 0 unspecified atom stereocenters. The molecule has 1 aromatic rings. The third kappa shape index (κ3) is 3.31. The molecular weight excluding hydrogens is 216 g/mol. The second kappa shape index (κ2) is 6.12. The third-order valence-electron chi connectivity index (χ3n) is 1.93. The van der Waals surface area contributed by atoms with E-state index in [-0.39, 0.29) is 30.6 Å². The van der Waals surface area contributed by atoms with Gasteiger partial charge >= 0.3 is 0 Å². The molecule has 4 nitrogen and oxygen atoms in total. The molecule has 0 aliphatic carbocycles. The lowest BCUT2D eigenvalue weighted by Crippen LogP contribution is -2.10. The van der Waals surface area contributed by atoms with Crippen LogP contribution in [0.4, 0.5) is 0 Å². The first kappa shape index (κ1) is 13.6. The zero-order chi connectivity index (χ0) is 10.6. The minimum Gasteiger partial charge on any atom is -0.508 e. The van der Waals surface area contributed by atoms with Crippen LogP contribution in [0, 0.1) is 11.3 Å². The van der Waals surface area contributed by atoms with E-state index < -0.39 is 0 Å². The van der Waals surface area contributed by atoms with E-state index in [9.17, 15) is 5.11 Å². The summed E-state index contributed by atoms with van der Waals surface area (Å²) in [5.41, 5.74) is 6.48. The van der Waals surface area contributed by atoms with Crippen LogP contribution in [-0.2, 0) is 0 Å². The van der Waals surface area contributed by atoms with Crippen LogP contribution in [-0.4, -0.2) is 12.2 Å². The van der Waals surface area contributed by atoms with E-state index in [0.29, 0.717) is 5.75 Å². The highest BCUT2D eigenvalue weighted by molar-refractivity contribution is 5.85. The summed E-state index contributed by atoms with van der Waals surface area (Å²) in [5.74, 6) is 0.627. The van der Waals surface area contributed by atoms with Gasteiger partial charge in [0.15, 0.2) is 0 Å². The van der Waals surface area contributed by atoms with Crippen LogP contribution in [0.5, 0.6) is 11.5 Å². The number of methoxy groups -OCH3 is 1. The highest BCUT2D eigenvalue weighted by atomic mass is 35.5. The maximum atomic E-state index is 9.19. The molecular formula is C10H13ClN2O2. The van der Waals surface area contributed by atoms with Gasteiger partial charge in [0.2, 0.25) is 0 Å². The highest BCUT2D eigenvalue weighted by Gasteiger charge is 2.11. The monoisotopic (exact) mass is 228 g/mol. The van der Waals surface area contributed by atoms with Crippen LogP contribution in [0.15, 0.2) is 18.2 Å². The predicted molar refractivity (Wildman–Crippen MR) is 59.1 cm³/mol. The lowest BCUT2D eigenvalue weighted by atomic mass is 10.0. The molecule has 82 valence electrons. The van der Waals surface area contributed by atoms with Crippen molar-refractivity contribution in [2.45, 2.75) is 12.5 Å². The average molecular weight is 229 g/mol. The molecule has 1 atom stereocenters. The van der Waals surface area contributed by atoms with Crippen molar-refractivity contribution < 1.29 is 9.84 Å². The molecule has 0 amide bonds. The molecule has 1 aromatic carbocycles. The number of rotatable bonds is 3. The number of nitriles is 1. The van der Waals surface area contributed by atoms with Gasteiger partial charge in [-0.3, -0.25) is 0 Å². The Morgan fingerprint density at radius 1 is 1.60 bits per heavy atom. The summed E-state index contributed by atoms with van der Waals surface area (Å²) in [6.45, 7) is 0. The number of hydrogen-bond donors (Lipinski definition) is 2. The summed E-state index contributed by atoms with van der Waals surface area (Å²) >= 11 is 0. The van der Waals surface area contributed by atoms with Gasteiger partial charge < -0.3 is 15.6 Å². The molecule has 0 aliphatic rings.